The van der Waals surface area contributed by atoms with Crippen molar-refractivity contribution in [3.8, 4) is 0 Å². The molecule has 0 fully saturated rings. The lowest BCUT2D eigenvalue weighted by Gasteiger charge is -2.02. The van der Waals surface area contributed by atoms with Crippen LogP contribution in [0.15, 0.2) is 84.2 Å². The van der Waals surface area contributed by atoms with Gasteiger partial charge in [-0.25, -0.2) is 0 Å². The zero-order valence-corrected chi connectivity index (χ0v) is 13.9. The number of hydrogen-bond acceptors (Lipinski definition) is 1. The number of hydrogen-bond donors (Lipinski definition) is 0. The van der Waals surface area contributed by atoms with E-state index in [9.17, 15) is 0 Å². The van der Waals surface area contributed by atoms with Crippen LogP contribution in [0.4, 0.5) is 0 Å². The summed E-state index contributed by atoms with van der Waals surface area (Å²) in [4.78, 5) is 0. The fourth-order valence-corrected chi connectivity index (χ4v) is 3.33. The zero-order valence-electron chi connectivity index (χ0n) is 11.9. The molecule has 0 N–H and O–H groups in total. The van der Waals surface area contributed by atoms with Gasteiger partial charge in [-0.05, 0) is 24.0 Å². The van der Waals surface area contributed by atoms with E-state index in [0.717, 1.165) is 12.8 Å². The van der Waals surface area contributed by atoms with Crippen molar-refractivity contribution in [2.24, 2.45) is 0 Å². The zero-order chi connectivity index (χ0) is 14.8. The molecule has 0 aliphatic rings. The van der Waals surface area contributed by atoms with Crippen molar-refractivity contribution >= 4 is 19.5 Å². The van der Waals surface area contributed by atoms with Gasteiger partial charge in [0.2, 0.25) is 10.5 Å². The minimum absolute atomic E-state index is 0.942. The van der Waals surface area contributed by atoms with Crippen LogP contribution in [0.5, 0.6) is 0 Å². The van der Waals surface area contributed by atoms with E-state index in [1.54, 1.807) is 0 Å². The second-order valence-corrected chi connectivity index (χ2v) is 6.98. The van der Waals surface area contributed by atoms with Gasteiger partial charge in [-0.15, -0.1) is 0 Å². The SMILES string of the molecule is [Si]O[Si](C=CCc1ccccc1)C=CCc1ccccc1. The van der Waals surface area contributed by atoms with E-state index < -0.39 is 9.04 Å². The lowest BCUT2D eigenvalue weighted by molar-refractivity contribution is 0.658. The molecule has 0 amide bonds. The van der Waals surface area contributed by atoms with Gasteiger partial charge >= 0.3 is 0 Å². The Morgan fingerprint density at radius 1 is 0.762 bits per heavy atom. The first kappa shape index (κ1) is 15.7. The average Bonchev–Trinajstić information content (AvgIpc) is 2.55. The van der Waals surface area contributed by atoms with Gasteiger partial charge in [0.05, 0.1) is 0 Å². The maximum absolute atomic E-state index is 5.36. The smallest absolute Gasteiger partial charge is 0.255 e. The quantitative estimate of drug-likeness (QED) is 0.708. The minimum atomic E-state index is -1.07. The van der Waals surface area contributed by atoms with Crippen molar-refractivity contribution in [2.75, 3.05) is 0 Å². The molecule has 0 saturated carbocycles. The van der Waals surface area contributed by atoms with Crippen molar-refractivity contribution in [1.29, 1.82) is 0 Å². The summed E-state index contributed by atoms with van der Waals surface area (Å²) >= 11 is 0. The lowest BCUT2D eigenvalue weighted by atomic mass is 10.2. The second kappa shape index (κ2) is 9.29. The van der Waals surface area contributed by atoms with Crippen LogP contribution in [0.2, 0.25) is 0 Å². The van der Waals surface area contributed by atoms with E-state index >= 15 is 0 Å². The van der Waals surface area contributed by atoms with Crippen molar-refractivity contribution in [3.05, 3.63) is 95.3 Å². The molecular weight excluding hydrogens is 288 g/mol. The molecule has 2 aromatic rings. The Morgan fingerprint density at radius 2 is 1.19 bits per heavy atom. The summed E-state index contributed by atoms with van der Waals surface area (Å²) < 4.78 is 5.36. The van der Waals surface area contributed by atoms with Gasteiger partial charge in [0, 0.05) is 0 Å². The average molecular weight is 307 g/mol. The third kappa shape index (κ3) is 6.08. The maximum atomic E-state index is 5.36. The first-order valence-electron chi connectivity index (χ1n) is 7.00. The largest absolute Gasteiger partial charge is 0.451 e. The van der Waals surface area contributed by atoms with Crippen molar-refractivity contribution in [2.45, 2.75) is 12.8 Å². The maximum Gasteiger partial charge on any atom is 0.255 e. The standard InChI is InChI=1S/C18H18OSi2/c20-19-21(15-7-13-17-9-3-1-4-10-17)16-8-14-18-11-5-2-6-12-18/h1-12,15-16H,13-14H2. The van der Waals surface area contributed by atoms with E-state index in [4.69, 9.17) is 4.12 Å². The van der Waals surface area contributed by atoms with E-state index in [1.807, 2.05) is 12.1 Å². The van der Waals surface area contributed by atoms with Crippen molar-refractivity contribution in [3.63, 3.8) is 0 Å². The van der Waals surface area contributed by atoms with Crippen LogP contribution in [-0.2, 0) is 17.0 Å². The molecule has 0 bridgehead atoms. The highest BCUT2D eigenvalue weighted by Gasteiger charge is 2.00. The van der Waals surface area contributed by atoms with E-state index in [0.29, 0.717) is 0 Å². The van der Waals surface area contributed by atoms with E-state index in [-0.39, 0.29) is 0 Å². The molecule has 0 atom stereocenters. The lowest BCUT2D eigenvalue weighted by Crippen LogP contribution is -2.10. The number of allylic oxidation sites excluding steroid dienone is 2. The minimum Gasteiger partial charge on any atom is -0.451 e. The van der Waals surface area contributed by atoms with Gasteiger partial charge in [-0.2, -0.15) is 0 Å². The molecule has 0 aromatic heterocycles. The van der Waals surface area contributed by atoms with Crippen LogP contribution >= 0.6 is 0 Å². The number of rotatable bonds is 7. The molecule has 1 nitrogen and oxygen atoms in total. The molecule has 3 heteroatoms. The molecule has 104 valence electrons. The van der Waals surface area contributed by atoms with Gasteiger partial charge in [0.25, 0.3) is 9.04 Å². The Morgan fingerprint density at radius 3 is 1.57 bits per heavy atom. The predicted molar refractivity (Wildman–Crippen MR) is 91.2 cm³/mol. The van der Waals surface area contributed by atoms with Crippen molar-refractivity contribution in [1.82, 2.24) is 0 Å². The van der Waals surface area contributed by atoms with Gasteiger partial charge in [-0.1, -0.05) is 84.2 Å². The van der Waals surface area contributed by atoms with Crippen LogP contribution < -0.4 is 0 Å². The topological polar surface area (TPSA) is 9.23 Å². The molecule has 2 rings (SSSR count). The summed E-state index contributed by atoms with van der Waals surface area (Å²) in [5, 5.41) is 0. The van der Waals surface area contributed by atoms with Crippen LogP contribution in [0.3, 0.4) is 0 Å². The van der Waals surface area contributed by atoms with Gasteiger partial charge in [0.15, 0.2) is 0 Å². The first-order chi connectivity index (χ1) is 10.4. The first-order valence-corrected chi connectivity index (χ1v) is 8.97. The molecule has 0 aliphatic heterocycles. The van der Waals surface area contributed by atoms with Crippen LogP contribution in [0.1, 0.15) is 11.1 Å². The summed E-state index contributed by atoms with van der Waals surface area (Å²) in [7, 11) is 2.11. The van der Waals surface area contributed by atoms with E-state index in [1.165, 1.54) is 11.1 Å². The summed E-state index contributed by atoms with van der Waals surface area (Å²) in [6.07, 6.45) is 6.24. The Hall–Kier alpha value is -1.69. The third-order valence-corrected chi connectivity index (χ3v) is 5.15. The van der Waals surface area contributed by atoms with Crippen LogP contribution in [0.25, 0.3) is 0 Å². The molecule has 0 aliphatic carbocycles. The van der Waals surface area contributed by atoms with Crippen LogP contribution in [-0.4, -0.2) is 19.5 Å². The Bertz CT molecular complexity index is 513. The highest BCUT2D eigenvalue weighted by Crippen LogP contribution is 2.03. The summed E-state index contributed by atoms with van der Waals surface area (Å²) in [6.45, 7) is 0. The molecule has 0 spiro atoms. The Labute approximate surface area is 132 Å². The molecular formula is C18H18OSi2. The normalized spacial score (nSPS) is 11.7. The van der Waals surface area contributed by atoms with Gasteiger partial charge in [-0.3, -0.25) is 0 Å². The fraction of sp³-hybridized carbons (Fsp3) is 0.111. The fourth-order valence-electron chi connectivity index (χ4n) is 1.97. The predicted octanol–water partition coefficient (Wildman–Crippen LogP) is 3.75. The summed E-state index contributed by atoms with van der Waals surface area (Å²) in [5.41, 5.74) is 6.95. The second-order valence-electron chi connectivity index (χ2n) is 4.69. The molecule has 0 saturated heterocycles. The number of benzene rings is 2. The molecule has 2 aromatic carbocycles. The Kier molecular flexibility index (Phi) is 6.94. The molecule has 0 heterocycles. The van der Waals surface area contributed by atoms with Gasteiger partial charge in [0.1, 0.15) is 0 Å². The highest BCUT2D eigenvalue weighted by molar-refractivity contribution is 6.65. The molecule has 21 heavy (non-hydrogen) atoms. The Balaban J connectivity index is 1.82. The van der Waals surface area contributed by atoms with Crippen molar-refractivity contribution < 1.29 is 4.12 Å². The third-order valence-electron chi connectivity index (χ3n) is 3.07. The summed E-state index contributed by atoms with van der Waals surface area (Å²) in [5.74, 6) is 0. The molecule has 0 unspecified atom stereocenters. The summed E-state index contributed by atoms with van der Waals surface area (Å²) in [6, 6.07) is 20.9. The monoisotopic (exact) mass is 306 g/mol. The van der Waals surface area contributed by atoms with E-state index in [2.05, 4.69) is 82.6 Å². The van der Waals surface area contributed by atoms with Crippen LogP contribution in [0, 0.1) is 0 Å². The molecule has 4 radical (unpaired) electrons. The van der Waals surface area contributed by atoms with Gasteiger partial charge < -0.3 is 4.12 Å². The highest BCUT2D eigenvalue weighted by atomic mass is 28.3.